The molecule has 6 nitrogen and oxygen atoms in total. The Kier molecular flexibility index (Phi) is 5.69. The van der Waals surface area contributed by atoms with E-state index >= 15 is 0 Å². The summed E-state index contributed by atoms with van der Waals surface area (Å²) in [4.78, 5) is 26.3. The fourth-order valence-electron chi connectivity index (χ4n) is 3.50. The minimum absolute atomic E-state index is 0.191. The van der Waals surface area contributed by atoms with Crippen LogP contribution in [-0.2, 0) is 11.3 Å². The monoisotopic (exact) mass is 330 g/mol. The maximum atomic E-state index is 12.3. The molecule has 0 bridgehead atoms. The van der Waals surface area contributed by atoms with Crippen molar-refractivity contribution in [3.63, 3.8) is 0 Å². The van der Waals surface area contributed by atoms with E-state index in [1.54, 1.807) is 0 Å². The van der Waals surface area contributed by atoms with Crippen molar-refractivity contribution in [3.8, 4) is 0 Å². The Morgan fingerprint density at radius 1 is 1.17 bits per heavy atom. The van der Waals surface area contributed by atoms with Crippen molar-refractivity contribution in [1.82, 2.24) is 16.0 Å². The van der Waals surface area contributed by atoms with Crippen LogP contribution in [0.15, 0.2) is 24.3 Å². The quantitative estimate of drug-likeness (QED) is 0.789. The second kappa shape index (κ2) is 8.15. The summed E-state index contributed by atoms with van der Waals surface area (Å²) in [5, 5.41) is 8.74. The summed E-state index contributed by atoms with van der Waals surface area (Å²) in [7, 11) is 0. The van der Waals surface area contributed by atoms with Gasteiger partial charge in [-0.1, -0.05) is 37.5 Å². The highest BCUT2D eigenvalue weighted by molar-refractivity contribution is 5.96. The molecular weight excluding hydrogens is 304 g/mol. The molecular formula is C18H26N4O2. The number of fused-ring (bicyclic) bond motifs is 1. The van der Waals surface area contributed by atoms with Crippen LogP contribution in [0.2, 0.25) is 0 Å². The molecule has 0 atom stereocenters. The van der Waals surface area contributed by atoms with Gasteiger partial charge in [-0.15, -0.1) is 0 Å². The van der Waals surface area contributed by atoms with Crippen molar-refractivity contribution in [2.45, 2.75) is 44.7 Å². The lowest BCUT2D eigenvalue weighted by atomic mass is 9.96. The summed E-state index contributed by atoms with van der Waals surface area (Å²) in [6.07, 6.45) is 5.55. The third-order valence-electron chi connectivity index (χ3n) is 4.73. The lowest BCUT2D eigenvalue weighted by Crippen LogP contribution is -2.48. The summed E-state index contributed by atoms with van der Waals surface area (Å²) >= 11 is 0. The number of carbonyl (C=O) groups is 2. The van der Waals surface area contributed by atoms with E-state index in [4.69, 9.17) is 0 Å². The van der Waals surface area contributed by atoms with Crippen molar-refractivity contribution < 1.29 is 9.59 Å². The Hall–Kier alpha value is -2.08. The topological polar surface area (TPSA) is 73.5 Å². The zero-order chi connectivity index (χ0) is 16.8. The number of hydrogen-bond donors (Lipinski definition) is 3. The van der Waals surface area contributed by atoms with Crippen LogP contribution >= 0.6 is 0 Å². The highest BCUT2D eigenvalue weighted by Crippen LogP contribution is 2.21. The van der Waals surface area contributed by atoms with Crippen LogP contribution in [-0.4, -0.2) is 37.6 Å². The predicted octanol–water partition coefficient (Wildman–Crippen LogP) is 1.75. The van der Waals surface area contributed by atoms with Crippen molar-refractivity contribution in [2.24, 2.45) is 0 Å². The van der Waals surface area contributed by atoms with Gasteiger partial charge in [-0.05, 0) is 24.5 Å². The summed E-state index contributed by atoms with van der Waals surface area (Å²) in [6, 6.07) is 7.90. The summed E-state index contributed by atoms with van der Waals surface area (Å²) in [6.45, 7) is 2.55. The average Bonchev–Trinajstić information content (AvgIpc) is 2.78. The number of benzene rings is 1. The smallest absolute Gasteiger partial charge is 0.321 e. The first-order valence-corrected chi connectivity index (χ1v) is 8.86. The normalized spacial score (nSPS) is 18.4. The molecule has 24 heavy (non-hydrogen) atoms. The van der Waals surface area contributed by atoms with Gasteiger partial charge in [0.15, 0.2) is 0 Å². The summed E-state index contributed by atoms with van der Waals surface area (Å²) < 4.78 is 0. The number of amides is 3. The highest BCUT2D eigenvalue weighted by atomic mass is 16.2. The third kappa shape index (κ3) is 4.47. The van der Waals surface area contributed by atoms with E-state index in [0.717, 1.165) is 51.0 Å². The van der Waals surface area contributed by atoms with E-state index < -0.39 is 0 Å². The van der Waals surface area contributed by atoms with E-state index in [1.807, 2.05) is 23.1 Å². The first-order chi connectivity index (χ1) is 11.7. The molecule has 2 aliphatic rings. The molecule has 1 aliphatic heterocycles. The van der Waals surface area contributed by atoms with Crippen LogP contribution in [0.3, 0.4) is 0 Å². The number of imide groups is 1. The van der Waals surface area contributed by atoms with Crippen LogP contribution in [0.5, 0.6) is 0 Å². The van der Waals surface area contributed by atoms with Gasteiger partial charge in [0, 0.05) is 31.4 Å². The minimum atomic E-state index is -0.367. The molecule has 1 aromatic carbocycles. The fourth-order valence-corrected chi connectivity index (χ4v) is 3.50. The summed E-state index contributed by atoms with van der Waals surface area (Å²) in [5.41, 5.74) is 2.24. The number of para-hydroxylation sites is 1. The van der Waals surface area contributed by atoms with Crippen LogP contribution in [0.4, 0.5) is 10.5 Å². The molecule has 1 saturated carbocycles. The molecule has 0 saturated heterocycles. The van der Waals surface area contributed by atoms with Crippen molar-refractivity contribution in [2.75, 3.05) is 24.5 Å². The first-order valence-electron chi connectivity index (χ1n) is 8.86. The van der Waals surface area contributed by atoms with Crippen LogP contribution in [0, 0.1) is 0 Å². The average molecular weight is 330 g/mol. The fraction of sp³-hybridized carbons (Fsp3) is 0.556. The molecule has 1 fully saturated rings. The molecule has 3 N–H and O–H groups in total. The molecule has 6 heteroatoms. The molecule has 3 amide bonds. The Morgan fingerprint density at radius 2 is 1.96 bits per heavy atom. The maximum absolute atomic E-state index is 12.3. The van der Waals surface area contributed by atoms with Crippen LogP contribution in [0.1, 0.15) is 37.7 Å². The molecule has 0 spiro atoms. The number of anilines is 1. The second-order valence-corrected chi connectivity index (χ2v) is 6.58. The van der Waals surface area contributed by atoms with Crippen LogP contribution in [0.25, 0.3) is 0 Å². The van der Waals surface area contributed by atoms with Gasteiger partial charge in [0.2, 0.25) is 5.91 Å². The zero-order valence-corrected chi connectivity index (χ0v) is 14.0. The van der Waals surface area contributed by atoms with Crippen molar-refractivity contribution >= 4 is 17.6 Å². The van der Waals surface area contributed by atoms with E-state index in [9.17, 15) is 9.59 Å². The van der Waals surface area contributed by atoms with E-state index in [1.165, 1.54) is 12.0 Å². The Morgan fingerprint density at radius 3 is 2.79 bits per heavy atom. The zero-order valence-electron chi connectivity index (χ0n) is 14.0. The highest BCUT2D eigenvalue weighted by Gasteiger charge is 2.20. The predicted molar refractivity (Wildman–Crippen MR) is 93.9 cm³/mol. The molecule has 1 aliphatic carbocycles. The second-order valence-electron chi connectivity index (χ2n) is 6.58. The van der Waals surface area contributed by atoms with Crippen LogP contribution < -0.4 is 20.9 Å². The molecule has 1 heterocycles. The summed E-state index contributed by atoms with van der Waals surface area (Å²) in [5.74, 6) is -0.264. The van der Waals surface area contributed by atoms with Gasteiger partial charge in [0.05, 0.1) is 6.54 Å². The Labute approximate surface area is 143 Å². The lowest BCUT2D eigenvalue weighted by Gasteiger charge is -2.25. The minimum Gasteiger partial charge on any atom is -0.361 e. The van der Waals surface area contributed by atoms with Gasteiger partial charge in [-0.3, -0.25) is 10.1 Å². The number of urea groups is 1. The lowest BCUT2D eigenvalue weighted by molar-refractivity contribution is -0.118. The van der Waals surface area contributed by atoms with Crippen molar-refractivity contribution in [3.05, 3.63) is 29.8 Å². The molecule has 1 aromatic rings. The Bertz CT molecular complexity index is 584. The molecule has 130 valence electrons. The van der Waals surface area contributed by atoms with Gasteiger partial charge < -0.3 is 15.5 Å². The van der Waals surface area contributed by atoms with E-state index in [2.05, 4.69) is 22.0 Å². The maximum Gasteiger partial charge on any atom is 0.321 e. The molecule has 0 unspecified atom stereocenters. The standard InChI is InChI=1S/C18H26N4O2/c23-17(21-18(24)20-15-7-2-1-3-8-15)13-22-11-10-19-12-14-6-4-5-9-16(14)22/h4-6,9,15,19H,1-3,7-8,10-13H2,(H2,20,21,23,24). The number of carbonyl (C=O) groups excluding carboxylic acids is 2. The van der Waals surface area contributed by atoms with Gasteiger partial charge in [-0.25, -0.2) is 4.79 Å². The van der Waals surface area contributed by atoms with Gasteiger partial charge in [0.1, 0.15) is 0 Å². The number of nitrogens with zero attached hydrogens (tertiary/aromatic N) is 1. The number of rotatable bonds is 3. The first kappa shape index (κ1) is 16.8. The third-order valence-corrected chi connectivity index (χ3v) is 4.73. The van der Waals surface area contributed by atoms with E-state index in [-0.39, 0.29) is 24.5 Å². The van der Waals surface area contributed by atoms with Gasteiger partial charge in [-0.2, -0.15) is 0 Å². The SMILES string of the molecule is O=C(CN1CCNCc2ccccc21)NC(=O)NC1CCCCC1. The van der Waals surface area contributed by atoms with Gasteiger partial charge in [0.25, 0.3) is 0 Å². The molecule has 0 radical (unpaired) electrons. The number of hydrogen-bond acceptors (Lipinski definition) is 4. The molecule has 3 rings (SSSR count). The van der Waals surface area contributed by atoms with E-state index in [0.29, 0.717) is 0 Å². The van der Waals surface area contributed by atoms with Gasteiger partial charge >= 0.3 is 6.03 Å². The largest absolute Gasteiger partial charge is 0.361 e. The Balaban J connectivity index is 1.53. The number of nitrogens with one attached hydrogen (secondary N) is 3. The van der Waals surface area contributed by atoms with Crippen molar-refractivity contribution in [1.29, 1.82) is 0 Å². The molecule has 0 aromatic heterocycles.